The molecular formula is C14H22N2O2S. The van der Waals surface area contributed by atoms with Crippen LogP contribution in [0.15, 0.2) is 17.0 Å². The van der Waals surface area contributed by atoms with Gasteiger partial charge in [0.25, 0.3) is 0 Å². The van der Waals surface area contributed by atoms with E-state index in [1.54, 1.807) is 16.4 Å². The molecule has 4 nitrogen and oxygen atoms in total. The number of anilines is 1. The van der Waals surface area contributed by atoms with E-state index in [4.69, 9.17) is 5.73 Å². The second kappa shape index (κ2) is 5.13. The van der Waals surface area contributed by atoms with Gasteiger partial charge in [-0.15, -0.1) is 0 Å². The number of nitrogens with zero attached hydrogens (tertiary/aromatic N) is 1. The molecule has 0 amide bonds. The summed E-state index contributed by atoms with van der Waals surface area (Å²) in [6, 6.07) is 3.43. The van der Waals surface area contributed by atoms with Crippen LogP contribution in [0.2, 0.25) is 0 Å². The van der Waals surface area contributed by atoms with E-state index < -0.39 is 10.0 Å². The van der Waals surface area contributed by atoms with Gasteiger partial charge in [0.2, 0.25) is 10.0 Å². The molecule has 0 spiro atoms. The molecule has 1 aliphatic carbocycles. The molecule has 0 aliphatic heterocycles. The van der Waals surface area contributed by atoms with Gasteiger partial charge in [0.15, 0.2) is 0 Å². The highest BCUT2D eigenvalue weighted by atomic mass is 32.2. The summed E-state index contributed by atoms with van der Waals surface area (Å²) in [5.74, 6) is 0.530. The Morgan fingerprint density at radius 2 is 1.84 bits per heavy atom. The van der Waals surface area contributed by atoms with Crippen molar-refractivity contribution >= 4 is 15.7 Å². The highest BCUT2D eigenvalue weighted by Gasteiger charge is 2.31. The third kappa shape index (κ3) is 2.92. The van der Waals surface area contributed by atoms with Gasteiger partial charge in [-0.1, -0.05) is 6.92 Å². The third-order valence-electron chi connectivity index (χ3n) is 3.76. The van der Waals surface area contributed by atoms with E-state index in [2.05, 4.69) is 0 Å². The summed E-state index contributed by atoms with van der Waals surface area (Å²) in [6.07, 6.45) is 2.27. The molecule has 0 unspecified atom stereocenters. The Hall–Kier alpha value is -1.07. The van der Waals surface area contributed by atoms with Gasteiger partial charge in [0.05, 0.1) is 5.69 Å². The smallest absolute Gasteiger partial charge is 0.245 e. The van der Waals surface area contributed by atoms with Crippen molar-refractivity contribution in [3.63, 3.8) is 0 Å². The summed E-state index contributed by atoms with van der Waals surface area (Å²) in [4.78, 5) is 0.248. The zero-order chi connectivity index (χ0) is 14.2. The van der Waals surface area contributed by atoms with E-state index >= 15 is 0 Å². The normalized spacial score (nSPS) is 16.0. The molecule has 0 bridgehead atoms. The lowest BCUT2D eigenvalue weighted by atomic mass is 10.1. The molecule has 5 heteroatoms. The van der Waals surface area contributed by atoms with Crippen LogP contribution in [-0.4, -0.2) is 25.8 Å². The van der Waals surface area contributed by atoms with Crippen LogP contribution < -0.4 is 5.73 Å². The Morgan fingerprint density at radius 1 is 1.26 bits per heavy atom. The van der Waals surface area contributed by atoms with Crippen LogP contribution in [-0.2, 0) is 10.0 Å². The van der Waals surface area contributed by atoms with Gasteiger partial charge in [0, 0.05) is 13.1 Å². The minimum atomic E-state index is -3.47. The van der Waals surface area contributed by atoms with Crippen molar-refractivity contribution in [2.24, 2.45) is 5.92 Å². The van der Waals surface area contributed by atoms with E-state index in [1.165, 1.54) is 0 Å². The van der Waals surface area contributed by atoms with Crippen LogP contribution in [0, 0.1) is 19.8 Å². The van der Waals surface area contributed by atoms with Crippen molar-refractivity contribution in [1.29, 1.82) is 0 Å². The zero-order valence-corrected chi connectivity index (χ0v) is 12.6. The van der Waals surface area contributed by atoms with Gasteiger partial charge >= 0.3 is 0 Å². The average molecular weight is 282 g/mol. The summed E-state index contributed by atoms with van der Waals surface area (Å²) in [6.45, 7) is 6.82. The fourth-order valence-corrected chi connectivity index (χ4v) is 3.87. The average Bonchev–Trinajstić information content (AvgIpc) is 3.14. The van der Waals surface area contributed by atoms with Crippen molar-refractivity contribution in [2.45, 2.75) is 38.5 Å². The lowest BCUT2D eigenvalue weighted by Gasteiger charge is -2.22. The minimum Gasteiger partial charge on any atom is -0.398 e. The minimum absolute atomic E-state index is 0.248. The molecule has 19 heavy (non-hydrogen) atoms. The second-order valence-electron chi connectivity index (χ2n) is 5.37. The van der Waals surface area contributed by atoms with Crippen molar-refractivity contribution < 1.29 is 8.42 Å². The quantitative estimate of drug-likeness (QED) is 0.843. The molecular weight excluding hydrogens is 260 g/mol. The molecule has 2 N–H and O–H groups in total. The first-order chi connectivity index (χ1) is 8.86. The Kier molecular flexibility index (Phi) is 3.87. The predicted molar refractivity (Wildman–Crippen MR) is 77.5 cm³/mol. The first-order valence-electron chi connectivity index (χ1n) is 6.73. The molecule has 0 heterocycles. The van der Waals surface area contributed by atoms with Gasteiger partial charge < -0.3 is 5.73 Å². The highest BCUT2D eigenvalue weighted by molar-refractivity contribution is 7.89. The highest BCUT2D eigenvalue weighted by Crippen LogP contribution is 2.33. The Morgan fingerprint density at radius 3 is 2.37 bits per heavy atom. The van der Waals surface area contributed by atoms with Crippen molar-refractivity contribution in [2.75, 3.05) is 18.8 Å². The summed E-state index contributed by atoms with van der Waals surface area (Å²) in [5, 5.41) is 0. The molecule has 1 aromatic carbocycles. The van der Waals surface area contributed by atoms with Crippen molar-refractivity contribution in [1.82, 2.24) is 4.31 Å². The lowest BCUT2D eigenvalue weighted by Crippen LogP contribution is -2.33. The molecule has 1 saturated carbocycles. The fourth-order valence-electron chi connectivity index (χ4n) is 2.16. The van der Waals surface area contributed by atoms with Crippen LogP contribution in [0.5, 0.6) is 0 Å². The van der Waals surface area contributed by atoms with Gasteiger partial charge in [-0.25, -0.2) is 8.42 Å². The van der Waals surface area contributed by atoms with Gasteiger partial charge in [0.1, 0.15) is 4.90 Å². The third-order valence-corrected chi connectivity index (χ3v) is 5.75. The maximum Gasteiger partial charge on any atom is 0.245 e. The predicted octanol–water partition coefficient (Wildman–Crippen LogP) is 2.31. The topological polar surface area (TPSA) is 63.4 Å². The molecule has 1 aliphatic rings. The summed E-state index contributed by atoms with van der Waals surface area (Å²) < 4.78 is 26.9. The first kappa shape index (κ1) is 14.3. The van der Waals surface area contributed by atoms with Crippen LogP contribution in [0.25, 0.3) is 0 Å². The number of hydrogen-bond acceptors (Lipinski definition) is 3. The van der Waals surface area contributed by atoms with E-state index in [9.17, 15) is 8.42 Å². The Labute approximate surface area is 115 Å². The second-order valence-corrected chi connectivity index (χ2v) is 7.28. The molecule has 1 fully saturated rings. The van der Waals surface area contributed by atoms with E-state index in [0.717, 1.165) is 24.0 Å². The standard InChI is InChI=1S/C14H22N2O2S/c1-4-16(9-12-5-6-12)19(17,18)14-8-11(3)10(2)7-13(14)15/h7-8,12H,4-6,9,15H2,1-3H3. The number of rotatable bonds is 5. The van der Waals surface area contributed by atoms with Crippen molar-refractivity contribution in [3.05, 3.63) is 23.3 Å². The summed E-state index contributed by atoms with van der Waals surface area (Å²) in [7, 11) is -3.47. The summed E-state index contributed by atoms with van der Waals surface area (Å²) >= 11 is 0. The van der Waals surface area contributed by atoms with Crippen LogP contribution in [0.4, 0.5) is 5.69 Å². The SMILES string of the molecule is CCN(CC1CC1)S(=O)(=O)c1cc(C)c(C)cc1N. The van der Waals surface area contributed by atoms with Gasteiger partial charge in [-0.05, 0) is 55.9 Å². The van der Waals surface area contributed by atoms with E-state index in [0.29, 0.717) is 24.7 Å². The number of sulfonamides is 1. The number of hydrogen-bond donors (Lipinski definition) is 1. The Bertz CT molecular complexity index is 577. The number of aryl methyl sites for hydroxylation is 2. The molecule has 106 valence electrons. The maximum atomic E-state index is 12.7. The van der Waals surface area contributed by atoms with Crippen LogP contribution >= 0.6 is 0 Å². The lowest BCUT2D eigenvalue weighted by molar-refractivity contribution is 0.412. The number of benzene rings is 1. The monoisotopic (exact) mass is 282 g/mol. The Balaban J connectivity index is 2.39. The van der Waals surface area contributed by atoms with Crippen molar-refractivity contribution in [3.8, 4) is 0 Å². The van der Waals surface area contributed by atoms with Crippen LogP contribution in [0.3, 0.4) is 0 Å². The maximum absolute atomic E-state index is 12.7. The molecule has 0 saturated heterocycles. The summed E-state index contributed by atoms with van der Waals surface area (Å²) in [5.41, 5.74) is 8.22. The zero-order valence-electron chi connectivity index (χ0n) is 11.8. The van der Waals surface area contributed by atoms with Gasteiger partial charge in [-0.3, -0.25) is 0 Å². The molecule has 1 aromatic rings. The molecule has 0 aromatic heterocycles. The number of nitrogens with two attached hydrogens (primary N) is 1. The van der Waals surface area contributed by atoms with E-state index in [1.807, 2.05) is 20.8 Å². The van der Waals surface area contributed by atoms with E-state index in [-0.39, 0.29) is 4.90 Å². The fraction of sp³-hybridized carbons (Fsp3) is 0.571. The van der Waals surface area contributed by atoms with Gasteiger partial charge in [-0.2, -0.15) is 4.31 Å². The number of nitrogen functional groups attached to an aromatic ring is 1. The molecule has 0 atom stereocenters. The first-order valence-corrected chi connectivity index (χ1v) is 8.17. The van der Waals surface area contributed by atoms with Crippen LogP contribution in [0.1, 0.15) is 30.9 Å². The molecule has 0 radical (unpaired) electrons. The molecule has 2 rings (SSSR count). The largest absolute Gasteiger partial charge is 0.398 e.